The smallest absolute Gasteiger partial charge is 0.358 e. The van der Waals surface area contributed by atoms with Crippen molar-refractivity contribution in [2.75, 3.05) is 19.0 Å². The molecule has 0 aliphatic carbocycles. The van der Waals surface area contributed by atoms with Crippen molar-refractivity contribution in [3.8, 4) is 5.75 Å². The number of carbonyl (C=O) groups excluding carboxylic acids is 1. The molecule has 0 amide bonds. The summed E-state index contributed by atoms with van der Waals surface area (Å²) >= 11 is 0. The predicted octanol–water partition coefficient (Wildman–Crippen LogP) is 4.04. The van der Waals surface area contributed by atoms with Gasteiger partial charge in [-0.3, -0.25) is 4.68 Å². The molecular weight excluding hydrogens is 354 g/mol. The van der Waals surface area contributed by atoms with Gasteiger partial charge < -0.3 is 14.8 Å². The number of ether oxygens (including phenoxy) is 2. The summed E-state index contributed by atoms with van der Waals surface area (Å²) in [5.41, 5.74) is 4.04. The Labute approximate surface area is 165 Å². The number of benzene rings is 2. The number of nitrogens with one attached hydrogen (secondary N) is 1. The Balaban J connectivity index is 1.89. The molecule has 0 bridgehead atoms. The third-order valence-electron chi connectivity index (χ3n) is 4.40. The fraction of sp³-hybridized carbons (Fsp3) is 0.273. The van der Waals surface area contributed by atoms with Gasteiger partial charge in [-0.1, -0.05) is 42.5 Å². The van der Waals surface area contributed by atoms with Crippen molar-refractivity contribution in [1.29, 1.82) is 0 Å². The highest BCUT2D eigenvalue weighted by Gasteiger charge is 2.23. The number of esters is 1. The largest absolute Gasteiger partial charge is 0.497 e. The van der Waals surface area contributed by atoms with Gasteiger partial charge in [-0.25, -0.2) is 4.79 Å². The molecule has 0 fully saturated rings. The maximum absolute atomic E-state index is 12.7. The average Bonchev–Trinajstić information content (AvgIpc) is 3.02. The molecule has 28 heavy (non-hydrogen) atoms. The molecule has 146 valence electrons. The first kappa shape index (κ1) is 19.5. The Morgan fingerprint density at radius 1 is 1.07 bits per heavy atom. The van der Waals surface area contributed by atoms with Gasteiger partial charge in [0, 0.05) is 6.54 Å². The summed E-state index contributed by atoms with van der Waals surface area (Å²) in [4.78, 5) is 12.7. The molecule has 3 rings (SSSR count). The molecule has 0 spiro atoms. The number of hydrogen-bond donors (Lipinski definition) is 1. The zero-order valence-corrected chi connectivity index (χ0v) is 16.4. The van der Waals surface area contributed by atoms with Crippen LogP contribution in [0.4, 0.5) is 5.69 Å². The number of aryl methyl sites for hydroxylation is 1. The zero-order chi connectivity index (χ0) is 19.9. The Morgan fingerprint density at radius 3 is 2.43 bits per heavy atom. The summed E-state index contributed by atoms with van der Waals surface area (Å²) in [6.45, 7) is 5.06. The van der Waals surface area contributed by atoms with Crippen molar-refractivity contribution in [1.82, 2.24) is 9.78 Å². The molecular formula is C22H25N3O3. The summed E-state index contributed by atoms with van der Waals surface area (Å²) in [6, 6.07) is 17.7. The summed E-state index contributed by atoms with van der Waals surface area (Å²) in [5.74, 6) is 0.406. The second-order valence-electron chi connectivity index (χ2n) is 6.37. The molecule has 0 saturated carbocycles. The lowest BCUT2D eigenvalue weighted by Crippen LogP contribution is -2.16. The van der Waals surface area contributed by atoms with E-state index in [0.29, 0.717) is 31.1 Å². The second kappa shape index (κ2) is 9.08. The van der Waals surface area contributed by atoms with Crippen LogP contribution in [0, 0.1) is 6.92 Å². The van der Waals surface area contributed by atoms with Crippen molar-refractivity contribution in [3.63, 3.8) is 0 Å². The van der Waals surface area contributed by atoms with Gasteiger partial charge >= 0.3 is 5.97 Å². The number of rotatable bonds is 8. The van der Waals surface area contributed by atoms with Gasteiger partial charge in [0.15, 0.2) is 5.69 Å². The Morgan fingerprint density at radius 2 is 1.79 bits per heavy atom. The van der Waals surface area contributed by atoms with Crippen LogP contribution in [0.3, 0.4) is 0 Å². The van der Waals surface area contributed by atoms with Crippen LogP contribution < -0.4 is 10.1 Å². The first-order chi connectivity index (χ1) is 13.6. The van der Waals surface area contributed by atoms with Gasteiger partial charge in [0.1, 0.15) is 5.75 Å². The van der Waals surface area contributed by atoms with E-state index in [2.05, 4.69) is 10.4 Å². The highest BCUT2D eigenvalue weighted by Crippen LogP contribution is 2.24. The number of nitrogens with zero attached hydrogens (tertiary/aromatic N) is 2. The predicted molar refractivity (Wildman–Crippen MR) is 109 cm³/mol. The molecule has 0 radical (unpaired) electrons. The fourth-order valence-electron chi connectivity index (χ4n) is 3.00. The molecule has 2 aromatic carbocycles. The van der Waals surface area contributed by atoms with Crippen LogP contribution in [0.1, 0.15) is 34.2 Å². The first-order valence-electron chi connectivity index (χ1n) is 9.27. The molecule has 0 unspecified atom stereocenters. The van der Waals surface area contributed by atoms with E-state index in [1.807, 2.05) is 61.5 Å². The lowest BCUT2D eigenvalue weighted by Gasteiger charge is -2.11. The van der Waals surface area contributed by atoms with E-state index in [4.69, 9.17) is 9.47 Å². The molecule has 0 atom stereocenters. The zero-order valence-electron chi connectivity index (χ0n) is 16.4. The summed E-state index contributed by atoms with van der Waals surface area (Å²) in [7, 11) is 1.63. The van der Waals surface area contributed by atoms with E-state index in [0.717, 1.165) is 22.6 Å². The van der Waals surface area contributed by atoms with Crippen LogP contribution in [-0.2, 0) is 17.8 Å². The van der Waals surface area contributed by atoms with Gasteiger partial charge in [0.2, 0.25) is 0 Å². The lowest BCUT2D eigenvalue weighted by atomic mass is 10.2. The third-order valence-corrected chi connectivity index (χ3v) is 4.40. The molecule has 3 aromatic rings. The number of aromatic nitrogens is 2. The number of methoxy groups -OCH3 is 1. The number of hydrogen-bond acceptors (Lipinski definition) is 5. The van der Waals surface area contributed by atoms with Crippen molar-refractivity contribution >= 4 is 11.7 Å². The quantitative estimate of drug-likeness (QED) is 0.599. The van der Waals surface area contributed by atoms with E-state index in [9.17, 15) is 4.79 Å². The highest BCUT2D eigenvalue weighted by atomic mass is 16.5. The van der Waals surface area contributed by atoms with Gasteiger partial charge in [-0.2, -0.15) is 5.10 Å². The number of carbonyl (C=O) groups is 1. The van der Waals surface area contributed by atoms with Crippen LogP contribution in [0.5, 0.6) is 5.75 Å². The molecule has 0 aliphatic heterocycles. The molecule has 6 heteroatoms. The highest BCUT2D eigenvalue weighted by molar-refractivity contribution is 5.94. The second-order valence-corrected chi connectivity index (χ2v) is 6.37. The first-order valence-corrected chi connectivity index (χ1v) is 9.27. The van der Waals surface area contributed by atoms with E-state index in [1.165, 1.54) is 0 Å². The van der Waals surface area contributed by atoms with Gasteiger partial charge in [-0.05, 0) is 37.1 Å². The van der Waals surface area contributed by atoms with E-state index < -0.39 is 0 Å². The normalized spacial score (nSPS) is 10.5. The molecule has 1 heterocycles. The van der Waals surface area contributed by atoms with Gasteiger partial charge in [0.25, 0.3) is 0 Å². The van der Waals surface area contributed by atoms with E-state index in [-0.39, 0.29) is 5.97 Å². The monoisotopic (exact) mass is 379 g/mol. The maximum atomic E-state index is 12.7. The molecule has 6 nitrogen and oxygen atoms in total. The Hall–Kier alpha value is -3.28. The fourth-order valence-corrected chi connectivity index (χ4v) is 3.00. The van der Waals surface area contributed by atoms with E-state index >= 15 is 0 Å². The summed E-state index contributed by atoms with van der Waals surface area (Å²) in [6.07, 6.45) is 0. The summed E-state index contributed by atoms with van der Waals surface area (Å²) in [5, 5.41) is 7.94. The number of anilines is 1. The van der Waals surface area contributed by atoms with Crippen molar-refractivity contribution < 1.29 is 14.3 Å². The SMILES string of the molecule is CCOC(=O)c1c(NCc2ccccc2)c(C)nn1Cc1ccc(OC)cc1. The minimum atomic E-state index is -0.382. The lowest BCUT2D eigenvalue weighted by molar-refractivity contribution is 0.0513. The summed E-state index contributed by atoms with van der Waals surface area (Å²) < 4.78 is 12.2. The van der Waals surface area contributed by atoms with Crippen LogP contribution in [0.2, 0.25) is 0 Å². The van der Waals surface area contributed by atoms with Crippen LogP contribution in [0.15, 0.2) is 54.6 Å². The minimum absolute atomic E-state index is 0.309. The Bertz CT molecular complexity index is 918. The van der Waals surface area contributed by atoms with Crippen LogP contribution >= 0.6 is 0 Å². The van der Waals surface area contributed by atoms with Crippen molar-refractivity contribution in [2.45, 2.75) is 26.9 Å². The molecule has 0 saturated heterocycles. The standard InChI is InChI=1S/C22H25N3O3/c1-4-28-22(26)21-20(23-14-17-8-6-5-7-9-17)16(2)24-25(21)15-18-10-12-19(27-3)13-11-18/h5-13,23H,4,14-15H2,1-3H3. The topological polar surface area (TPSA) is 65.4 Å². The average molecular weight is 379 g/mol. The van der Waals surface area contributed by atoms with Crippen LogP contribution in [-0.4, -0.2) is 29.5 Å². The third kappa shape index (κ3) is 4.52. The van der Waals surface area contributed by atoms with Crippen LogP contribution in [0.25, 0.3) is 0 Å². The van der Waals surface area contributed by atoms with E-state index in [1.54, 1.807) is 18.7 Å². The van der Waals surface area contributed by atoms with Crippen molar-refractivity contribution in [3.05, 3.63) is 77.1 Å². The molecule has 1 aromatic heterocycles. The molecule has 0 aliphatic rings. The minimum Gasteiger partial charge on any atom is -0.497 e. The van der Waals surface area contributed by atoms with Gasteiger partial charge in [-0.15, -0.1) is 0 Å². The maximum Gasteiger partial charge on any atom is 0.358 e. The van der Waals surface area contributed by atoms with Crippen molar-refractivity contribution in [2.24, 2.45) is 0 Å². The van der Waals surface area contributed by atoms with Gasteiger partial charge in [0.05, 0.1) is 31.6 Å². The molecule has 1 N–H and O–H groups in total. The Kier molecular flexibility index (Phi) is 6.32.